The Morgan fingerprint density at radius 2 is 1.82 bits per heavy atom. The molecular formula is C27H27N7. The molecule has 2 unspecified atom stereocenters. The lowest BCUT2D eigenvalue weighted by molar-refractivity contribution is 0.540. The number of hydrogen-bond acceptors (Lipinski definition) is 5. The third-order valence-electron chi connectivity index (χ3n) is 6.71. The highest BCUT2D eigenvalue weighted by Gasteiger charge is 2.30. The molecule has 2 N–H and O–H groups in total. The van der Waals surface area contributed by atoms with E-state index >= 15 is 0 Å². The summed E-state index contributed by atoms with van der Waals surface area (Å²) >= 11 is 0. The number of nitrogens with zero attached hydrogens (tertiary/aromatic N) is 5. The van der Waals surface area contributed by atoms with Gasteiger partial charge in [-0.15, -0.1) is 0 Å². The number of benzene rings is 1. The topological polar surface area (TPSA) is 72.1 Å². The average molecular weight is 450 g/mol. The van der Waals surface area contributed by atoms with Crippen molar-refractivity contribution < 1.29 is 0 Å². The number of rotatable bonds is 5. The molecule has 5 aromatic rings. The number of aryl methyl sites for hydroxylation is 2. The van der Waals surface area contributed by atoms with Gasteiger partial charge in [0.1, 0.15) is 23.3 Å². The zero-order valence-electron chi connectivity index (χ0n) is 19.5. The Kier molecular flexibility index (Phi) is 4.83. The lowest BCUT2D eigenvalue weighted by Gasteiger charge is -2.31. The van der Waals surface area contributed by atoms with Gasteiger partial charge in [-0.3, -0.25) is 9.08 Å². The third-order valence-corrected chi connectivity index (χ3v) is 6.71. The Morgan fingerprint density at radius 3 is 2.62 bits per heavy atom. The Balaban J connectivity index is 1.34. The average Bonchev–Trinajstić information content (AvgIpc) is 3.45. The van der Waals surface area contributed by atoms with Crippen molar-refractivity contribution in [2.75, 3.05) is 10.6 Å². The molecule has 0 bridgehead atoms. The smallest absolute Gasteiger partial charge is 0.132 e. The molecule has 2 atom stereocenters. The minimum Gasteiger partial charge on any atom is -0.368 e. The summed E-state index contributed by atoms with van der Waals surface area (Å²) in [7, 11) is 1.90. The summed E-state index contributed by atoms with van der Waals surface area (Å²) in [5, 5.41) is 11.3. The standard InChI is InChI=1S/C27H27N7/c1-17-4-6-19(7-5-17)12-23-18(2)31-26-15-21(13-22-16-29-27(23)34(22)26)20-8-10-28-24(14-20)32-25-9-11-30-33(25)3/h4-11,13-16,18,23,31H,12H2,1-3H3,(H,28,32). The normalized spacial score (nSPS) is 17.0. The van der Waals surface area contributed by atoms with Crippen LogP contribution in [0.3, 0.4) is 0 Å². The minimum absolute atomic E-state index is 0.272. The van der Waals surface area contributed by atoms with Crippen LogP contribution in [-0.2, 0) is 13.5 Å². The van der Waals surface area contributed by atoms with E-state index in [0.29, 0.717) is 5.92 Å². The van der Waals surface area contributed by atoms with Gasteiger partial charge in [0.15, 0.2) is 0 Å². The van der Waals surface area contributed by atoms with Gasteiger partial charge in [0.25, 0.3) is 0 Å². The van der Waals surface area contributed by atoms with Gasteiger partial charge >= 0.3 is 0 Å². The monoisotopic (exact) mass is 449 g/mol. The molecule has 1 aliphatic rings. The molecule has 6 rings (SSSR count). The maximum atomic E-state index is 4.87. The second kappa shape index (κ2) is 8.02. The van der Waals surface area contributed by atoms with E-state index in [4.69, 9.17) is 4.98 Å². The predicted molar refractivity (Wildman–Crippen MR) is 136 cm³/mol. The van der Waals surface area contributed by atoms with Crippen LogP contribution in [0.1, 0.15) is 29.8 Å². The number of aromatic nitrogens is 5. The summed E-state index contributed by atoms with van der Waals surface area (Å²) in [6.07, 6.45) is 6.54. The molecule has 0 spiro atoms. The molecule has 5 heterocycles. The Bertz CT molecular complexity index is 1480. The van der Waals surface area contributed by atoms with Crippen LogP contribution in [0.15, 0.2) is 73.2 Å². The quantitative estimate of drug-likeness (QED) is 0.380. The maximum Gasteiger partial charge on any atom is 0.132 e. The van der Waals surface area contributed by atoms with Crippen LogP contribution in [-0.4, -0.2) is 30.2 Å². The number of anilines is 3. The van der Waals surface area contributed by atoms with Crippen LogP contribution in [0.5, 0.6) is 0 Å². The summed E-state index contributed by atoms with van der Waals surface area (Å²) in [4.78, 5) is 9.35. The molecular weight excluding hydrogens is 422 g/mol. The van der Waals surface area contributed by atoms with Crippen molar-refractivity contribution in [3.8, 4) is 11.1 Å². The predicted octanol–water partition coefficient (Wildman–Crippen LogP) is 5.32. The molecule has 1 aliphatic heterocycles. The molecule has 4 aromatic heterocycles. The Hall–Kier alpha value is -4.13. The van der Waals surface area contributed by atoms with E-state index in [9.17, 15) is 0 Å². The zero-order chi connectivity index (χ0) is 23.2. The summed E-state index contributed by atoms with van der Waals surface area (Å²) in [6, 6.07) is 19.5. The van der Waals surface area contributed by atoms with E-state index in [2.05, 4.69) is 81.4 Å². The van der Waals surface area contributed by atoms with Crippen molar-refractivity contribution in [1.82, 2.24) is 24.1 Å². The van der Waals surface area contributed by atoms with Crippen LogP contribution >= 0.6 is 0 Å². The second-order valence-corrected chi connectivity index (χ2v) is 9.13. The lowest BCUT2D eigenvalue weighted by atomic mass is 9.90. The highest BCUT2D eigenvalue weighted by molar-refractivity contribution is 5.76. The number of hydrogen-bond donors (Lipinski definition) is 2. The molecule has 34 heavy (non-hydrogen) atoms. The fraction of sp³-hybridized carbons (Fsp3) is 0.222. The fourth-order valence-corrected chi connectivity index (χ4v) is 4.80. The molecule has 0 aliphatic carbocycles. The van der Waals surface area contributed by atoms with E-state index in [1.807, 2.05) is 31.6 Å². The third kappa shape index (κ3) is 3.59. The van der Waals surface area contributed by atoms with Crippen LogP contribution in [0.4, 0.5) is 17.5 Å². The number of nitrogens with one attached hydrogen (secondary N) is 2. The molecule has 0 saturated carbocycles. The molecule has 7 heteroatoms. The van der Waals surface area contributed by atoms with Crippen molar-refractivity contribution in [2.45, 2.75) is 32.2 Å². The van der Waals surface area contributed by atoms with Crippen LogP contribution < -0.4 is 10.6 Å². The minimum atomic E-state index is 0.272. The van der Waals surface area contributed by atoms with E-state index in [1.54, 1.807) is 10.9 Å². The maximum absolute atomic E-state index is 4.87. The van der Waals surface area contributed by atoms with Gasteiger partial charge in [-0.1, -0.05) is 29.8 Å². The SMILES string of the molecule is Cc1ccc(CC2c3ncc4cc(-c5ccnc(Nc6ccnn6C)c5)cc(n34)NC2C)cc1. The molecule has 7 nitrogen and oxygen atoms in total. The van der Waals surface area contributed by atoms with Gasteiger partial charge in [-0.2, -0.15) is 5.10 Å². The van der Waals surface area contributed by atoms with E-state index < -0.39 is 0 Å². The highest BCUT2D eigenvalue weighted by atomic mass is 15.3. The Morgan fingerprint density at radius 1 is 0.971 bits per heavy atom. The number of pyridine rings is 2. The molecule has 0 amide bonds. The molecule has 0 saturated heterocycles. The molecule has 1 aromatic carbocycles. The van der Waals surface area contributed by atoms with Gasteiger partial charge < -0.3 is 10.6 Å². The van der Waals surface area contributed by atoms with Gasteiger partial charge in [0.2, 0.25) is 0 Å². The molecule has 0 radical (unpaired) electrons. The summed E-state index contributed by atoms with van der Waals surface area (Å²) in [6.45, 7) is 4.37. The summed E-state index contributed by atoms with van der Waals surface area (Å²) in [5.74, 6) is 4.18. The Labute approximate surface area is 198 Å². The van der Waals surface area contributed by atoms with Crippen LogP contribution in [0.2, 0.25) is 0 Å². The molecule has 0 fully saturated rings. The summed E-state index contributed by atoms with van der Waals surface area (Å²) < 4.78 is 4.05. The fourth-order valence-electron chi connectivity index (χ4n) is 4.80. The van der Waals surface area contributed by atoms with E-state index in [0.717, 1.165) is 46.3 Å². The van der Waals surface area contributed by atoms with Gasteiger partial charge in [-0.05, 0) is 61.2 Å². The summed E-state index contributed by atoms with van der Waals surface area (Å²) in [5.41, 5.74) is 5.94. The van der Waals surface area contributed by atoms with E-state index in [-0.39, 0.29) is 6.04 Å². The van der Waals surface area contributed by atoms with Crippen LogP contribution in [0, 0.1) is 6.92 Å². The van der Waals surface area contributed by atoms with Gasteiger partial charge in [0, 0.05) is 31.3 Å². The largest absolute Gasteiger partial charge is 0.368 e. The first kappa shape index (κ1) is 20.5. The van der Waals surface area contributed by atoms with Crippen molar-refractivity contribution in [3.05, 3.63) is 90.1 Å². The van der Waals surface area contributed by atoms with Crippen molar-refractivity contribution in [1.29, 1.82) is 0 Å². The van der Waals surface area contributed by atoms with Gasteiger partial charge in [0.05, 0.1) is 17.9 Å². The lowest BCUT2D eigenvalue weighted by Crippen LogP contribution is -2.32. The first-order valence-electron chi connectivity index (χ1n) is 11.6. The van der Waals surface area contributed by atoms with Gasteiger partial charge in [-0.25, -0.2) is 9.97 Å². The van der Waals surface area contributed by atoms with Crippen molar-refractivity contribution in [3.63, 3.8) is 0 Å². The second-order valence-electron chi connectivity index (χ2n) is 9.13. The highest BCUT2D eigenvalue weighted by Crippen LogP contribution is 2.36. The van der Waals surface area contributed by atoms with Crippen molar-refractivity contribution >= 4 is 23.0 Å². The zero-order valence-corrected chi connectivity index (χ0v) is 19.5. The van der Waals surface area contributed by atoms with Crippen LogP contribution in [0.25, 0.3) is 16.6 Å². The molecule has 170 valence electrons. The van der Waals surface area contributed by atoms with E-state index in [1.165, 1.54) is 11.1 Å². The first-order chi connectivity index (χ1) is 16.5. The number of imidazole rings is 1. The first-order valence-corrected chi connectivity index (χ1v) is 11.6. The van der Waals surface area contributed by atoms with Crippen molar-refractivity contribution in [2.24, 2.45) is 7.05 Å².